The number of hydrogen-bond donors (Lipinski definition) is 1. The molecule has 4 aliphatic carbocycles. The maximum Gasteiger partial charge on any atom is 0.333 e. The Morgan fingerprint density at radius 1 is 0.974 bits per heavy atom. The van der Waals surface area contributed by atoms with Crippen molar-refractivity contribution >= 4 is 23.6 Å². The molecular weight excluding hydrogens is 494 g/mol. The zero-order valence-electron chi connectivity index (χ0n) is 23.4. The Labute approximate surface area is 231 Å². The lowest BCUT2D eigenvalue weighted by atomic mass is 9.47. The monoisotopic (exact) mass is 535 g/mol. The molecule has 0 saturated heterocycles. The summed E-state index contributed by atoms with van der Waals surface area (Å²) in [5.41, 5.74) is 2.07. The molecule has 7 atom stereocenters. The fourth-order valence-corrected chi connectivity index (χ4v) is 8.41. The number of carbonyl (C=O) groups excluding carboxylic acids is 4. The van der Waals surface area contributed by atoms with Gasteiger partial charge in [-0.3, -0.25) is 14.4 Å². The molecule has 5 rings (SSSR count). The third kappa shape index (κ3) is 5.17. The van der Waals surface area contributed by atoms with Gasteiger partial charge >= 0.3 is 11.9 Å². The number of allylic oxidation sites excluding steroid dienone is 1. The summed E-state index contributed by atoms with van der Waals surface area (Å²) in [6.07, 6.45) is 9.50. The van der Waals surface area contributed by atoms with Crippen LogP contribution in [0.3, 0.4) is 0 Å². The summed E-state index contributed by atoms with van der Waals surface area (Å²) in [4.78, 5) is 49.9. The first-order chi connectivity index (χ1) is 18.7. The maximum absolute atomic E-state index is 12.9. The summed E-state index contributed by atoms with van der Waals surface area (Å²) >= 11 is 0. The van der Waals surface area contributed by atoms with E-state index in [1.54, 1.807) is 24.3 Å². The third-order valence-electron chi connectivity index (χ3n) is 10.6. The van der Waals surface area contributed by atoms with Gasteiger partial charge in [0, 0.05) is 18.3 Å². The van der Waals surface area contributed by atoms with E-state index in [4.69, 9.17) is 9.47 Å². The Balaban J connectivity index is 1.17. The van der Waals surface area contributed by atoms with Gasteiger partial charge in [0.15, 0.2) is 11.8 Å². The topological polar surface area (TPSA) is 98.8 Å². The van der Waals surface area contributed by atoms with Crippen LogP contribution >= 0.6 is 0 Å². The van der Waals surface area contributed by atoms with Crippen LogP contribution in [0.1, 0.15) is 89.7 Å². The van der Waals surface area contributed by atoms with Crippen molar-refractivity contribution in [2.75, 3.05) is 7.11 Å². The fraction of sp³-hybridized carbons (Fsp3) is 0.625. The molecule has 210 valence electrons. The maximum atomic E-state index is 12.9. The number of hydrogen-bond acceptors (Lipinski definition) is 6. The smallest absolute Gasteiger partial charge is 0.333 e. The van der Waals surface area contributed by atoms with Crippen molar-refractivity contribution < 1.29 is 28.7 Å². The molecule has 1 amide bonds. The van der Waals surface area contributed by atoms with E-state index in [1.807, 2.05) is 12.1 Å². The number of esters is 2. The predicted molar refractivity (Wildman–Crippen MR) is 145 cm³/mol. The highest BCUT2D eigenvalue weighted by atomic mass is 16.5. The standard InChI is InChI=1S/C32H41NO6/c1-31-17-15-22(34)19-21(31)9-10-23-24-11-12-26(32(24,2)18-16-25(23)31)39-28(36)14-13-27(35)33-29(30(37)38-3)20-7-5-4-6-8-20/h4-8,19,23-26,29H,9-18H2,1-3H3,(H,33,35)/t23-,24-,25+,26-,29-,31+,32+/m1/s1. The largest absolute Gasteiger partial charge is 0.467 e. The van der Waals surface area contributed by atoms with Crippen LogP contribution in [0.4, 0.5) is 0 Å². The third-order valence-corrected chi connectivity index (χ3v) is 10.6. The number of nitrogens with one attached hydrogen (secondary N) is 1. The summed E-state index contributed by atoms with van der Waals surface area (Å²) < 4.78 is 10.9. The molecule has 1 N–H and O–H groups in total. The van der Waals surface area contributed by atoms with Crippen LogP contribution < -0.4 is 5.32 Å². The summed E-state index contributed by atoms with van der Waals surface area (Å²) in [7, 11) is 1.28. The van der Waals surface area contributed by atoms with E-state index in [-0.39, 0.29) is 41.5 Å². The van der Waals surface area contributed by atoms with E-state index in [9.17, 15) is 19.2 Å². The molecule has 0 bridgehead atoms. The molecule has 0 heterocycles. The first-order valence-electron chi connectivity index (χ1n) is 14.5. The summed E-state index contributed by atoms with van der Waals surface area (Å²) in [6, 6.07) is 7.99. The highest BCUT2D eigenvalue weighted by Crippen LogP contribution is 2.65. The fourth-order valence-electron chi connectivity index (χ4n) is 8.41. The van der Waals surface area contributed by atoms with Crippen LogP contribution in [0.15, 0.2) is 42.0 Å². The lowest BCUT2D eigenvalue weighted by Gasteiger charge is -2.57. The van der Waals surface area contributed by atoms with Gasteiger partial charge in [0.2, 0.25) is 5.91 Å². The van der Waals surface area contributed by atoms with Gasteiger partial charge in [-0.1, -0.05) is 49.8 Å². The van der Waals surface area contributed by atoms with Gasteiger partial charge < -0.3 is 14.8 Å². The van der Waals surface area contributed by atoms with E-state index < -0.39 is 17.9 Å². The van der Waals surface area contributed by atoms with Crippen LogP contribution in [-0.4, -0.2) is 36.8 Å². The number of fused-ring (bicyclic) bond motifs is 5. The molecule has 7 heteroatoms. The van der Waals surface area contributed by atoms with Gasteiger partial charge in [-0.2, -0.15) is 0 Å². The van der Waals surface area contributed by atoms with Crippen molar-refractivity contribution in [3.63, 3.8) is 0 Å². The van der Waals surface area contributed by atoms with Gasteiger partial charge in [0.05, 0.1) is 13.5 Å². The van der Waals surface area contributed by atoms with Crippen molar-refractivity contribution in [3.8, 4) is 0 Å². The van der Waals surface area contributed by atoms with E-state index in [2.05, 4.69) is 19.2 Å². The SMILES string of the molecule is COC(=O)[C@H](NC(=O)CCC(=O)O[C@@H]1CC[C@@H]2[C@H]3CCC4=CC(=O)CC[C@]4(C)[C@H]3CC[C@@]21C)c1ccccc1. The minimum atomic E-state index is -0.917. The zero-order valence-corrected chi connectivity index (χ0v) is 23.4. The normalized spacial score (nSPS) is 34.0. The van der Waals surface area contributed by atoms with Crippen molar-refractivity contribution in [1.82, 2.24) is 5.32 Å². The van der Waals surface area contributed by atoms with Crippen LogP contribution in [0, 0.1) is 28.6 Å². The lowest BCUT2D eigenvalue weighted by Crippen LogP contribution is -2.51. The second-order valence-electron chi connectivity index (χ2n) is 12.5. The molecule has 0 aromatic heterocycles. The van der Waals surface area contributed by atoms with E-state index in [0.717, 1.165) is 44.9 Å². The second-order valence-corrected chi connectivity index (χ2v) is 12.5. The minimum Gasteiger partial charge on any atom is -0.467 e. The van der Waals surface area contributed by atoms with Crippen molar-refractivity contribution in [1.29, 1.82) is 0 Å². The molecule has 4 aliphatic rings. The van der Waals surface area contributed by atoms with Crippen LogP contribution in [0.5, 0.6) is 0 Å². The Bertz CT molecular complexity index is 1160. The number of ether oxygens (including phenoxy) is 2. The van der Waals surface area contributed by atoms with Gasteiger partial charge in [-0.25, -0.2) is 4.79 Å². The molecule has 3 saturated carbocycles. The molecule has 7 nitrogen and oxygen atoms in total. The zero-order chi connectivity index (χ0) is 27.8. The Morgan fingerprint density at radius 2 is 1.74 bits per heavy atom. The molecule has 1 aromatic carbocycles. The Morgan fingerprint density at radius 3 is 2.49 bits per heavy atom. The molecule has 39 heavy (non-hydrogen) atoms. The summed E-state index contributed by atoms with van der Waals surface area (Å²) in [5.74, 6) is 0.671. The molecule has 0 aliphatic heterocycles. The highest BCUT2D eigenvalue weighted by Gasteiger charge is 2.60. The van der Waals surface area contributed by atoms with Gasteiger partial charge in [0.25, 0.3) is 0 Å². The van der Waals surface area contributed by atoms with Gasteiger partial charge in [-0.05, 0) is 79.8 Å². The average Bonchev–Trinajstić information content (AvgIpc) is 3.26. The van der Waals surface area contributed by atoms with Gasteiger partial charge in [-0.15, -0.1) is 0 Å². The first kappa shape index (κ1) is 27.6. The molecule has 0 unspecified atom stereocenters. The minimum absolute atomic E-state index is 0.0297. The van der Waals surface area contributed by atoms with Gasteiger partial charge in [0.1, 0.15) is 6.10 Å². The Kier molecular flexibility index (Phi) is 7.71. The van der Waals surface area contributed by atoms with Crippen molar-refractivity contribution in [2.24, 2.45) is 28.6 Å². The first-order valence-corrected chi connectivity index (χ1v) is 14.5. The lowest BCUT2D eigenvalue weighted by molar-refractivity contribution is -0.160. The number of benzene rings is 1. The summed E-state index contributed by atoms with van der Waals surface area (Å²) in [5, 5.41) is 2.70. The van der Waals surface area contributed by atoms with E-state index in [0.29, 0.717) is 29.7 Å². The van der Waals surface area contributed by atoms with Crippen molar-refractivity contribution in [2.45, 2.75) is 90.2 Å². The molecule has 0 spiro atoms. The van der Waals surface area contributed by atoms with E-state index >= 15 is 0 Å². The molecular formula is C32H41NO6. The highest BCUT2D eigenvalue weighted by molar-refractivity contribution is 5.91. The van der Waals surface area contributed by atoms with E-state index in [1.165, 1.54) is 12.7 Å². The average molecular weight is 536 g/mol. The molecule has 3 fully saturated rings. The van der Waals surface area contributed by atoms with Crippen molar-refractivity contribution in [3.05, 3.63) is 47.5 Å². The number of ketones is 1. The van der Waals surface area contributed by atoms with Crippen LogP contribution in [0.25, 0.3) is 0 Å². The van der Waals surface area contributed by atoms with Crippen LogP contribution in [0.2, 0.25) is 0 Å². The molecule has 0 radical (unpaired) electrons. The number of methoxy groups -OCH3 is 1. The predicted octanol–water partition coefficient (Wildman–Crippen LogP) is 5.24. The summed E-state index contributed by atoms with van der Waals surface area (Å²) in [6.45, 7) is 4.68. The Hall–Kier alpha value is -2.96. The number of amides is 1. The van der Waals surface area contributed by atoms with Crippen LogP contribution in [-0.2, 0) is 28.7 Å². The molecule has 1 aromatic rings. The number of carbonyl (C=O) groups is 4. The quantitative estimate of drug-likeness (QED) is 0.480. The number of rotatable bonds is 7. The second kappa shape index (κ2) is 10.9.